The summed E-state index contributed by atoms with van der Waals surface area (Å²) in [7, 11) is 0. The number of nitrogens with zero attached hydrogens (tertiary/aromatic N) is 1. The van der Waals surface area contributed by atoms with E-state index in [1.54, 1.807) is 0 Å². The molecule has 1 unspecified atom stereocenters. The van der Waals surface area contributed by atoms with E-state index in [0.717, 1.165) is 18.0 Å². The maximum absolute atomic E-state index is 6.13. The van der Waals surface area contributed by atoms with Gasteiger partial charge in [0.15, 0.2) is 0 Å². The van der Waals surface area contributed by atoms with E-state index in [1.807, 2.05) is 12.1 Å². The summed E-state index contributed by atoms with van der Waals surface area (Å²) in [4.78, 5) is 2.61. The van der Waals surface area contributed by atoms with Crippen LogP contribution in [0.2, 0.25) is 5.02 Å². The van der Waals surface area contributed by atoms with Gasteiger partial charge in [0.1, 0.15) is 0 Å². The second kappa shape index (κ2) is 6.25. The summed E-state index contributed by atoms with van der Waals surface area (Å²) in [5.74, 6) is 0. The van der Waals surface area contributed by atoms with E-state index in [0.29, 0.717) is 0 Å². The molecule has 0 radical (unpaired) electrons. The van der Waals surface area contributed by atoms with E-state index in [-0.39, 0.29) is 11.0 Å². The molecule has 0 amide bonds. The van der Waals surface area contributed by atoms with Gasteiger partial charge in [0, 0.05) is 29.1 Å². The lowest BCUT2D eigenvalue weighted by atomic mass is 9.65. The SMILES string of the molecule is CC1(C)c2ccccc2N(Cc2ccc(Cl)cc2)C12C=Cc1ccccc1C2. The summed E-state index contributed by atoms with van der Waals surface area (Å²) in [5, 5.41) is 0.784. The van der Waals surface area contributed by atoms with Crippen LogP contribution in [0.15, 0.2) is 78.9 Å². The smallest absolute Gasteiger partial charge is 0.0724 e. The first-order chi connectivity index (χ1) is 13.5. The zero-order valence-corrected chi connectivity index (χ0v) is 17.1. The van der Waals surface area contributed by atoms with Crippen LogP contribution in [0, 0.1) is 0 Å². The van der Waals surface area contributed by atoms with Crippen LogP contribution in [0.25, 0.3) is 6.08 Å². The molecule has 1 nitrogen and oxygen atoms in total. The Labute approximate surface area is 172 Å². The number of hydrogen-bond acceptors (Lipinski definition) is 1. The summed E-state index contributed by atoms with van der Waals surface area (Å²) in [6.45, 7) is 5.65. The molecule has 3 aromatic carbocycles. The number of anilines is 1. The molecule has 0 saturated carbocycles. The largest absolute Gasteiger partial charge is 0.357 e. The fourth-order valence-corrected chi connectivity index (χ4v) is 5.20. The number of benzene rings is 3. The third-order valence-corrected chi connectivity index (χ3v) is 6.99. The van der Waals surface area contributed by atoms with Gasteiger partial charge in [0.2, 0.25) is 0 Å². The molecule has 2 heteroatoms. The van der Waals surface area contributed by atoms with Gasteiger partial charge < -0.3 is 4.90 Å². The molecule has 0 N–H and O–H groups in total. The first-order valence-corrected chi connectivity index (χ1v) is 10.3. The fraction of sp³-hybridized carbons (Fsp3) is 0.231. The van der Waals surface area contributed by atoms with E-state index in [2.05, 4.69) is 91.6 Å². The van der Waals surface area contributed by atoms with Crippen molar-refractivity contribution >= 4 is 23.4 Å². The highest BCUT2D eigenvalue weighted by atomic mass is 35.5. The number of halogens is 1. The molecule has 140 valence electrons. The monoisotopic (exact) mass is 385 g/mol. The molecular formula is C26H24ClN. The van der Waals surface area contributed by atoms with E-state index in [9.17, 15) is 0 Å². The van der Waals surface area contributed by atoms with Gasteiger partial charge in [-0.15, -0.1) is 0 Å². The molecule has 1 spiro atoms. The van der Waals surface area contributed by atoms with Gasteiger partial charge in [-0.3, -0.25) is 0 Å². The van der Waals surface area contributed by atoms with Crippen LogP contribution in [0.1, 0.15) is 36.1 Å². The molecule has 0 fully saturated rings. The van der Waals surface area contributed by atoms with Crippen molar-refractivity contribution in [2.24, 2.45) is 0 Å². The molecule has 0 saturated heterocycles. The van der Waals surface area contributed by atoms with Crippen molar-refractivity contribution in [3.8, 4) is 0 Å². The molecule has 0 aromatic heterocycles. The van der Waals surface area contributed by atoms with E-state index < -0.39 is 0 Å². The molecular weight excluding hydrogens is 362 g/mol. The van der Waals surface area contributed by atoms with Gasteiger partial charge in [-0.1, -0.05) is 92.2 Å². The Morgan fingerprint density at radius 1 is 0.893 bits per heavy atom. The van der Waals surface area contributed by atoms with Crippen molar-refractivity contribution in [2.75, 3.05) is 4.90 Å². The van der Waals surface area contributed by atoms with Crippen LogP contribution in [-0.4, -0.2) is 5.54 Å². The molecule has 28 heavy (non-hydrogen) atoms. The average Bonchev–Trinajstić information content (AvgIpc) is 2.89. The predicted molar refractivity (Wildman–Crippen MR) is 119 cm³/mol. The first-order valence-electron chi connectivity index (χ1n) is 9.90. The number of rotatable bonds is 2. The van der Waals surface area contributed by atoms with E-state index in [1.165, 1.54) is 27.9 Å². The van der Waals surface area contributed by atoms with Crippen LogP contribution in [0.3, 0.4) is 0 Å². The Kier molecular flexibility index (Phi) is 3.93. The normalized spacial score (nSPS) is 21.6. The first kappa shape index (κ1) is 17.6. The summed E-state index contributed by atoms with van der Waals surface area (Å²) in [5.41, 5.74) is 6.71. The van der Waals surface area contributed by atoms with Gasteiger partial charge in [0.05, 0.1) is 5.54 Å². The highest BCUT2D eigenvalue weighted by Crippen LogP contribution is 2.55. The van der Waals surface area contributed by atoms with Crippen LogP contribution in [0.5, 0.6) is 0 Å². The van der Waals surface area contributed by atoms with Crippen LogP contribution < -0.4 is 4.90 Å². The van der Waals surface area contributed by atoms with Crippen LogP contribution in [-0.2, 0) is 18.4 Å². The van der Waals surface area contributed by atoms with E-state index >= 15 is 0 Å². The fourth-order valence-electron chi connectivity index (χ4n) is 5.07. The molecule has 1 aliphatic carbocycles. The number of para-hydroxylation sites is 1. The zero-order chi connectivity index (χ0) is 19.4. The third-order valence-electron chi connectivity index (χ3n) is 6.74. The highest BCUT2D eigenvalue weighted by Gasteiger charge is 2.55. The zero-order valence-electron chi connectivity index (χ0n) is 16.3. The summed E-state index contributed by atoms with van der Waals surface area (Å²) < 4.78 is 0. The summed E-state index contributed by atoms with van der Waals surface area (Å²) in [6.07, 6.45) is 5.78. The number of hydrogen-bond donors (Lipinski definition) is 0. The lowest BCUT2D eigenvalue weighted by molar-refractivity contribution is 0.317. The quantitative estimate of drug-likeness (QED) is 0.477. The molecule has 1 atom stereocenters. The number of fused-ring (bicyclic) bond motifs is 2. The Bertz CT molecular complexity index is 1060. The summed E-state index contributed by atoms with van der Waals surface area (Å²) >= 11 is 6.13. The second-order valence-corrected chi connectivity index (χ2v) is 8.92. The van der Waals surface area contributed by atoms with Crippen LogP contribution >= 0.6 is 11.6 Å². The van der Waals surface area contributed by atoms with Gasteiger partial charge >= 0.3 is 0 Å². The topological polar surface area (TPSA) is 3.24 Å². The third kappa shape index (κ3) is 2.46. The molecule has 1 aliphatic heterocycles. The van der Waals surface area contributed by atoms with Crippen molar-refractivity contribution in [2.45, 2.75) is 37.8 Å². The molecule has 3 aromatic rings. The summed E-state index contributed by atoms with van der Waals surface area (Å²) in [6, 6.07) is 25.9. The van der Waals surface area contributed by atoms with Crippen LogP contribution in [0.4, 0.5) is 5.69 Å². The maximum atomic E-state index is 6.13. The van der Waals surface area contributed by atoms with Crippen molar-refractivity contribution < 1.29 is 0 Å². The Hall–Kier alpha value is -2.51. The Balaban J connectivity index is 1.67. The van der Waals surface area contributed by atoms with Crippen molar-refractivity contribution in [3.63, 3.8) is 0 Å². The minimum Gasteiger partial charge on any atom is -0.357 e. The van der Waals surface area contributed by atoms with Crippen molar-refractivity contribution in [3.05, 3.63) is 106 Å². The molecule has 5 rings (SSSR count). The standard InChI is InChI=1S/C26H24ClN/c1-25(2)23-9-5-6-10-24(23)28(18-19-11-13-22(27)14-12-19)26(25)16-15-20-7-3-4-8-21(20)17-26/h3-16H,17-18H2,1-2H3. The maximum Gasteiger partial charge on any atom is 0.0724 e. The van der Waals surface area contributed by atoms with Gasteiger partial charge in [-0.05, 0) is 40.5 Å². The minimum absolute atomic E-state index is 0.0000498. The molecule has 0 bridgehead atoms. The van der Waals surface area contributed by atoms with Gasteiger partial charge in [-0.25, -0.2) is 0 Å². The lowest BCUT2D eigenvalue weighted by Crippen LogP contribution is -2.56. The average molecular weight is 386 g/mol. The van der Waals surface area contributed by atoms with Crippen molar-refractivity contribution in [1.29, 1.82) is 0 Å². The minimum atomic E-state index is -0.0926. The predicted octanol–water partition coefficient (Wildman–Crippen LogP) is 6.65. The molecule has 1 heterocycles. The molecule has 2 aliphatic rings. The second-order valence-electron chi connectivity index (χ2n) is 8.49. The highest BCUT2D eigenvalue weighted by molar-refractivity contribution is 6.30. The van der Waals surface area contributed by atoms with Gasteiger partial charge in [0.25, 0.3) is 0 Å². The Morgan fingerprint density at radius 3 is 2.43 bits per heavy atom. The van der Waals surface area contributed by atoms with Gasteiger partial charge in [-0.2, -0.15) is 0 Å². The lowest BCUT2D eigenvalue weighted by Gasteiger charge is -2.48. The Morgan fingerprint density at radius 2 is 1.61 bits per heavy atom. The van der Waals surface area contributed by atoms with E-state index in [4.69, 9.17) is 11.6 Å². The van der Waals surface area contributed by atoms with Crippen molar-refractivity contribution in [1.82, 2.24) is 0 Å².